The zero-order valence-corrected chi connectivity index (χ0v) is 16.5. The zero-order chi connectivity index (χ0) is 20.3. The molecule has 6 nitrogen and oxygen atoms in total. The van der Waals surface area contributed by atoms with Crippen molar-refractivity contribution in [2.75, 3.05) is 17.7 Å². The van der Waals surface area contributed by atoms with Crippen molar-refractivity contribution in [1.29, 1.82) is 0 Å². The third kappa shape index (κ3) is 3.92. The number of carbonyl (C=O) groups is 2. The van der Waals surface area contributed by atoms with Crippen LogP contribution in [0.2, 0.25) is 5.02 Å². The lowest BCUT2D eigenvalue weighted by molar-refractivity contribution is -0.135. The summed E-state index contributed by atoms with van der Waals surface area (Å²) in [5.74, 6) is -0.401. The second-order valence-corrected chi connectivity index (χ2v) is 7.17. The molecule has 3 aromatic rings. The van der Waals surface area contributed by atoms with Gasteiger partial charge in [-0.1, -0.05) is 29.8 Å². The van der Waals surface area contributed by atoms with Crippen molar-refractivity contribution in [3.05, 3.63) is 59.8 Å². The number of aromatic nitrogens is 1. The van der Waals surface area contributed by atoms with Crippen LogP contribution in [0.25, 0.3) is 10.9 Å². The summed E-state index contributed by atoms with van der Waals surface area (Å²) in [6, 6.07) is 14.1. The van der Waals surface area contributed by atoms with Gasteiger partial charge in [0.05, 0.1) is 23.3 Å². The Morgan fingerprint density at radius 3 is 2.46 bits per heavy atom. The molecule has 2 amide bonds. The molecular weight excluding hydrogens is 378 g/mol. The highest BCUT2D eigenvalue weighted by Crippen LogP contribution is 2.29. The first-order valence-corrected chi connectivity index (χ1v) is 9.01. The highest BCUT2D eigenvalue weighted by molar-refractivity contribution is 6.32. The molecule has 2 aromatic carbocycles. The zero-order valence-electron chi connectivity index (χ0n) is 15.7. The van der Waals surface area contributed by atoms with Crippen molar-refractivity contribution < 1.29 is 14.3 Å². The molecule has 144 valence electrons. The van der Waals surface area contributed by atoms with E-state index in [0.717, 1.165) is 5.39 Å². The molecule has 0 bridgehead atoms. The van der Waals surface area contributed by atoms with Gasteiger partial charge in [0.25, 0.3) is 0 Å². The van der Waals surface area contributed by atoms with E-state index in [-0.39, 0.29) is 0 Å². The highest BCUT2D eigenvalue weighted by atomic mass is 35.5. The quantitative estimate of drug-likeness (QED) is 0.621. The monoisotopic (exact) mass is 397 g/mol. The van der Waals surface area contributed by atoms with Crippen LogP contribution in [0.4, 0.5) is 11.4 Å². The van der Waals surface area contributed by atoms with Gasteiger partial charge in [0.15, 0.2) is 0 Å². The van der Waals surface area contributed by atoms with E-state index in [1.165, 1.54) is 7.11 Å². The van der Waals surface area contributed by atoms with Crippen molar-refractivity contribution in [1.82, 2.24) is 4.98 Å². The van der Waals surface area contributed by atoms with E-state index in [1.807, 2.05) is 24.3 Å². The Morgan fingerprint density at radius 2 is 1.75 bits per heavy atom. The number of halogens is 1. The first-order chi connectivity index (χ1) is 13.3. The van der Waals surface area contributed by atoms with E-state index in [9.17, 15) is 9.59 Å². The van der Waals surface area contributed by atoms with E-state index >= 15 is 0 Å². The maximum absolute atomic E-state index is 12.8. The number of benzene rings is 2. The maximum atomic E-state index is 12.8. The number of carbonyl (C=O) groups excluding carboxylic acids is 2. The molecule has 0 saturated heterocycles. The molecule has 2 N–H and O–H groups in total. The summed E-state index contributed by atoms with van der Waals surface area (Å²) in [6.07, 6.45) is 1.66. The molecule has 0 saturated carbocycles. The van der Waals surface area contributed by atoms with Gasteiger partial charge >= 0.3 is 0 Å². The summed E-state index contributed by atoms with van der Waals surface area (Å²) in [4.78, 5) is 29.9. The van der Waals surface area contributed by atoms with Crippen LogP contribution < -0.4 is 15.4 Å². The van der Waals surface area contributed by atoms with E-state index in [0.29, 0.717) is 27.7 Å². The number of fused-ring (bicyclic) bond motifs is 1. The molecule has 1 heterocycles. The number of para-hydroxylation sites is 1. The Balaban J connectivity index is 1.78. The third-order valence-corrected chi connectivity index (χ3v) is 4.72. The summed E-state index contributed by atoms with van der Waals surface area (Å²) < 4.78 is 5.10. The number of anilines is 2. The average molecular weight is 398 g/mol. The number of nitrogens with one attached hydrogen (secondary N) is 2. The van der Waals surface area contributed by atoms with Gasteiger partial charge in [-0.25, -0.2) is 0 Å². The van der Waals surface area contributed by atoms with Crippen LogP contribution in [0.1, 0.15) is 13.8 Å². The van der Waals surface area contributed by atoms with Gasteiger partial charge in [-0.3, -0.25) is 14.6 Å². The van der Waals surface area contributed by atoms with Gasteiger partial charge in [-0.2, -0.15) is 0 Å². The Labute approximate surface area is 167 Å². The first kappa shape index (κ1) is 19.6. The van der Waals surface area contributed by atoms with Gasteiger partial charge in [0.1, 0.15) is 11.2 Å². The van der Waals surface area contributed by atoms with Gasteiger partial charge in [-0.15, -0.1) is 0 Å². The van der Waals surface area contributed by atoms with Gasteiger partial charge < -0.3 is 15.4 Å². The summed E-state index contributed by atoms with van der Waals surface area (Å²) >= 11 is 6.09. The summed E-state index contributed by atoms with van der Waals surface area (Å²) in [5, 5.41) is 6.80. The second kappa shape index (κ2) is 7.86. The number of methoxy groups -OCH3 is 1. The SMILES string of the molecule is COc1ccc(NC(=O)C(C)(C)C(=O)Nc2cccc3cccnc23)cc1Cl. The van der Waals surface area contributed by atoms with Crippen LogP contribution in [-0.4, -0.2) is 23.9 Å². The molecule has 0 aliphatic carbocycles. The topological polar surface area (TPSA) is 80.3 Å². The molecule has 0 fully saturated rings. The minimum atomic E-state index is -1.33. The number of amides is 2. The van der Waals surface area contributed by atoms with Crippen LogP contribution in [0.15, 0.2) is 54.7 Å². The Hall–Kier alpha value is -3.12. The van der Waals surface area contributed by atoms with Crippen molar-refractivity contribution in [3.8, 4) is 5.75 Å². The van der Waals surface area contributed by atoms with Crippen molar-refractivity contribution >= 4 is 45.7 Å². The number of hydrogen-bond donors (Lipinski definition) is 2. The van der Waals surface area contributed by atoms with Crippen LogP contribution in [0.5, 0.6) is 5.75 Å². The second-order valence-electron chi connectivity index (χ2n) is 6.76. The predicted molar refractivity (Wildman–Crippen MR) is 111 cm³/mol. The fourth-order valence-electron chi connectivity index (χ4n) is 2.62. The minimum absolute atomic E-state index is 0.365. The summed E-state index contributed by atoms with van der Waals surface area (Å²) in [7, 11) is 1.51. The Morgan fingerprint density at radius 1 is 1.04 bits per heavy atom. The predicted octanol–water partition coefficient (Wildman–Crippen LogP) is 4.50. The molecule has 0 aliphatic heterocycles. The molecular formula is C21H20ClN3O3. The molecule has 0 unspecified atom stereocenters. The third-order valence-electron chi connectivity index (χ3n) is 4.43. The van der Waals surface area contributed by atoms with Gasteiger partial charge in [0, 0.05) is 17.3 Å². The lowest BCUT2D eigenvalue weighted by atomic mass is 9.90. The van der Waals surface area contributed by atoms with E-state index in [4.69, 9.17) is 16.3 Å². The fourth-order valence-corrected chi connectivity index (χ4v) is 2.88. The van der Waals surface area contributed by atoms with Crippen LogP contribution in [-0.2, 0) is 9.59 Å². The highest BCUT2D eigenvalue weighted by Gasteiger charge is 2.36. The van der Waals surface area contributed by atoms with Crippen LogP contribution in [0.3, 0.4) is 0 Å². The van der Waals surface area contributed by atoms with Crippen molar-refractivity contribution in [2.45, 2.75) is 13.8 Å². The molecule has 28 heavy (non-hydrogen) atoms. The molecule has 3 rings (SSSR count). The average Bonchev–Trinajstić information content (AvgIpc) is 2.68. The molecule has 0 spiro atoms. The van der Waals surface area contributed by atoms with E-state index in [2.05, 4.69) is 15.6 Å². The molecule has 0 aliphatic rings. The van der Waals surface area contributed by atoms with E-state index in [1.54, 1.807) is 44.3 Å². The first-order valence-electron chi connectivity index (χ1n) is 8.63. The lowest BCUT2D eigenvalue weighted by Crippen LogP contribution is -2.41. The number of rotatable bonds is 5. The van der Waals surface area contributed by atoms with Gasteiger partial charge in [-0.05, 0) is 44.2 Å². The molecule has 0 atom stereocenters. The standard InChI is InChI=1S/C21H20ClN3O3/c1-21(2,19(26)24-14-9-10-17(28-3)15(22)12-14)20(27)25-16-8-4-6-13-7-5-11-23-18(13)16/h4-12H,1-3H3,(H,24,26)(H,25,27). The van der Waals surface area contributed by atoms with Crippen molar-refractivity contribution in [2.24, 2.45) is 5.41 Å². The van der Waals surface area contributed by atoms with Crippen molar-refractivity contribution in [3.63, 3.8) is 0 Å². The lowest BCUT2D eigenvalue weighted by Gasteiger charge is -2.23. The normalized spacial score (nSPS) is 11.1. The fraction of sp³-hybridized carbons (Fsp3) is 0.190. The van der Waals surface area contributed by atoms with E-state index < -0.39 is 17.2 Å². The summed E-state index contributed by atoms with van der Waals surface area (Å²) in [6.45, 7) is 3.11. The smallest absolute Gasteiger partial charge is 0.239 e. The number of nitrogens with zero attached hydrogens (tertiary/aromatic N) is 1. The van der Waals surface area contributed by atoms with Gasteiger partial charge in [0.2, 0.25) is 11.8 Å². The number of hydrogen-bond acceptors (Lipinski definition) is 4. The molecule has 0 radical (unpaired) electrons. The van der Waals surface area contributed by atoms with Crippen LogP contribution >= 0.6 is 11.6 Å². The molecule has 7 heteroatoms. The largest absolute Gasteiger partial charge is 0.495 e. The number of pyridine rings is 1. The maximum Gasteiger partial charge on any atom is 0.239 e. The summed E-state index contributed by atoms with van der Waals surface area (Å²) in [5.41, 5.74) is 0.361. The minimum Gasteiger partial charge on any atom is -0.495 e. The molecule has 1 aromatic heterocycles. The van der Waals surface area contributed by atoms with Crippen LogP contribution in [0, 0.1) is 5.41 Å². The Kier molecular flexibility index (Phi) is 5.51. The number of ether oxygens (including phenoxy) is 1. The Bertz CT molecular complexity index is 1040.